The average Bonchev–Trinajstić information content (AvgIpc) is 3.13. The van der Waals surface area contributed by atoms with Gasteiger partial charge in [-0.2, -0.15) is 0 Å². The van der Waals surface area contributed by atoms with Crippen LogP contribution in [0.25, 0.3) is 0 Å². The van der Waals surface area contributed by atoms with Crippen molar-refractivity contribution in [2.45, 2.75) is 45.2 Å². The Labute approximate surface area is 108 Å². The molecule has 0 unspecified atom stereocenters. The van der Waals surface area contributed by atoms with Gasteiger partial charge in [0, 0.05) is 18.2 Å². The van der Waals surface area contributed by atoms with Gasteiger partial charge in [0.15, 0.2) is 0 Å². The molecular weight excluding hydrogens is 234 g/mol. The highest BCUT2D eigenvalue weighted by molar-refractivity contribution is 6.32. The van der Waals surface area contributed by atoms with Gasteiger partial charge in [-0.05, 0) is 25.3 Å². The molecule has 0 aliphatic heterocycles. The Morgan fingerprint density at radius 1 is 1.41 bits per heavy atom. The quantitative estimate of drug-likeness (QED) is 0.747. The first-order chi connectivity index (χ1) is 8.31. The van der Waals surface area contributed by atoms with E-state index in [1.807, 2.05) is 12.1 Å². The van der Waals surface area contributed by atoms with Gasteiger partial charge in [-0.3, -0.25) is 0 Å². The van der Waals surface area contributed by atoms with Crippen LogP contribution in [0.3, 0.4) is 0 Å². The molecule has 1 saturated carbocycles. The number of halogens is 1. The normalized spacial score (nSPS) is 14.9. The molecule has 94 valence electrons. The third-order valence-electron chi connectivity index (χ3n) is 2.95. The molecule has 1 aromatic carbocycles. The van der Waals surface area contributed by atoms with E-state index >= 15 is 0 Å². The maximum Gasteiger partial charge on any atom is 0.142 e. The molecule has 0 spiro atoms. The van der Waals surface area contributed by atoms with Gasteiger partial charge in [0.25, 0.3) is 0 Å². The largest absolute Gasteiger partial charge is 0.492 e. The highest BCUT2D eigenvalue weighted by Crippen LogP contribution is 2.29. The summed E-state index contributed by atoms with van der Waals surface area (Å²) in [6, 6.07) is 6.67. The lowest BCUT2D eigenvalue weighted by Gasteiger charge is -2.13. The maximum atomic E-state index is 6.19. The molecule has 1 aliphatic carbocycles. The van der Waals surface area contributed by atoms with E-state index in [9.17, 15) is 0 Å². The summed E-state index contributed by atoms with van der Waals surface area (Å²) in [7, 11) is 0. The van der Waals surface area contributed by atoms with Gasteiger partial charge in [0.05, 0.1) is 11.6 Å². The zero-order chi connectivity index (χ0) is 12.1. The SMILES string of the molecule is CCCCOc1c(Cl)cccc1CNC1CC1. The Bertz CT molecular complexity index is 363. The molecule has 1 fully saturated rings. The number of para-hydroxylation sites is 1. The van der Waals surface area contributed by atoms with E-state index in [4.69, 9.17) is 16.3 Å². The van der Waals surface area contributed by atoms with Crippen LogP contribution in [0.5, 0.6) is 5.75 Å². The summed E-state index contributed by atoms with van der Waals surface area (Å²) in [6.45, 7) is 3.76. The fourth-order valence-corrected chi connectivity index (χ4v) is 1.96. The van der Waals surface area contributed by atoms with Gasteiger partial charge in [0.2, 0.25) is 0 Å². The molecule has 2 rings (SSSR count). The smallest absolute Gasteiger partial charge is 0.142 e. The molecule has 0 atom stereocenters. The molecule has 1 aromatic rings. The van der Waals surface area contributed by atoms with Crippen LogP contribution < -0.4 is 10.1 Å². The van der Waals surface area contributed by atoms with Crippen molar-refractivity contribution in [3.63, 3.8) is 0 Å². The molecule has 0 amide bonds. The summed E-state index contributed by atoms with van der Waals surface area (Å²) in [5, 5.41) is 4.21. The Kier molecular flexibility index (Phi) is 4.69. The molecule has 0 saturated heterocycles. The molecule has 1 aliphatic rings. The first-order valence-electron chi connectivity index (χ1n) is 6.45. The predicted molar refractivity (Wildman–Crippen MR) is 71.7 cm³/mol. The van der Waals surface area contributed by atoms with Crippen molar-refractivity contribution in [3.8, 4) is 5.75 Å². The van der Waals surface area contributed by atoms with E-state index in [2.05, 4.69) is 18.3 Å². The zero-order valence-electron chi connectivity index (χ0n) is 10.3. The summed E-state index contributed by atoms with van der Waals surface area (Å²) in [4.78, 5) is 0. The van der Waals surface area contributed by atoms with Gasteiger partial charge in [-0.1, -0.05) is 37.1 Å². The molecule has 0 radical (unpaired) electrons. The summed E-state index contributed by atoms with van der Waals surface area (Å²) in [6.07, 6.45) is 4.81. The molecular formula is C14H20ClNO. The number of hydrogen-bond acceptors (Lipinski definition) is 2. The molecule has 0 bridgehead atoms. The van der Waals surface area contributed by atoms with Crippen LogP contribution in [0.4, 0.5) is 0 Å². The third-order valence-corrected chi connectivity index (χ3v) is 3.25. The number of nitrogens with one attached hydrogen (secondary N) is 1. The van der Waals surface area contributed by atoms with Gasteiger partial charge >= 0.3 is 0 Å². The summed E-state index contributed by atoms with van der Waals surface area (Å²) < 4.78 is 5.79. The monoisotopic (exact) mass is 253 g/mol. The Morgan fingerprint density at radius 3 is 2.94 bits per heavy atom. The fraction of sp³-hybridized carbons (Fsp3) is 0.571. The molecule has 0 aromatic heterocycles. The Hall–Kier alpha value is -0.730. The number of rotatable bonds is 7. The number of hydrogen-bond donors (Lipinski definition) is 1. The summed E-state index contributed by atoms with van der Waals surface area (Å²) in [5.41, 5.74) is 1.17. The van der Waals surface area contributed by atoms with Crippen LogP contribution in [-0.4, -0.2) is 12.6 Å². The van der Waals surface area contributed by atoms with Crippen molar-refractivity contribution in [2.24, 2.45) is 0 Å². The van der Waals surface area contributed by atoms with Crippen molar-refractivity contribution in [1.82, 2.24) is 5.32 Å². The topological polar surface area (TPSA) is 21.3 Å². The second kappa shape index (κ2) is 6.27. The Balaban J connectivity index is 1.98. The standard InChI is InChI=1S/C14H20ClNO/c1-2-3-9-17-14-11(5-4-6-13(14)15)10-16-12-7-8-12/h4-6,12,16H,2-3,7-10H2,1H3. The maximum absolute atomic E-state index is 6.19. The van der Waals surface area contributed by atoms with Crippen LogP contribution in [0.1, 0.15) is 38.2 Å². The number of ether oxygens (including phenoxy) is 1. The second-order valence-electron chi connectivity index (χ2n) is 4.59. The third kappa shape index (κ3) is 3.90. The summed E-state index contributed by atoms with van der Waals surface area (Å²) in [5.74, 6) is 0.857. The minimum Gasteiger partial charge on any atom is -0.492 e. The van der Waals surface area contributed by atoms with E-state index in [-0.39, 0.29) is 0 Å². The van der Waals surface area contributed by atoms with Crippen molar-refractivity contribution in [2.75, 3.05) is 6.61 Å². The van der Waals surface area contributed by atoms with Gasteiger partial charge in [-0.25, -0.2) is 0 Å². The van der Waals surface area contributed by atoms with E-state index < -0.39 is 0 Å². The van der Waals surface area contributed by atoms with E-state index in [1.165, 1.54) is 18.4 Å². The lowest BCUT2D eigenvalue weighted by atomic mass is 10.2. The van der Waals surface area contributed by atoms with Gasteiger partial charge in [0.1, 0.15) is 5.75 Å². The van der Waals surface area contributed by atoms with Crippen LogP contribution in [0.15, 0.2) is 18.2 Å². The first-order valence-corrected chi connectivity index (χ1v) is 6.82. The van der Waals surface area contributed by atoms with Crippen LogP contribution in [0, 0.1) is 0 Å². The summed E-state index contributed by atoms with van der Waals surface area (Å²) >= 11 is 6.19. The second-order valence-corrected chi connectivity index (χ2v) is 4.99. The molecule has 17 heavy (non-hydrogen) atoms. The Morgan fingerprint density at radius 2 is 2.24 bits per heavy atom. The highest BCUT2D eigenvalue weighted by atomic mass is 35.5. The predicted octanol–water partition coefficient (Wildman–Crippen LogP) is 3.77. The van der Waals surface area contributed by atoms with E-state index in [1.54, 1.807) is 0 Å². The van der Waals surface area contributed by atoms with Crippen molar-refractivity contribution in [3.05, 3.63) is 28.8 Å². The molecule has 1 N–H and O–H groups in total. The lowest BCUT2D eigenvalue weighted by Crippen LogP contribution is -2.16. The van der Waals surface area contributed by atoms with Gasteiger partial charge in [-0.15, -0.1) is 0 Å². The van der Waals surface area contributed by atoms with Crippen LogP contribution >= 0.6 is 11.6 Å². The zero-order valence-corrected chi connectivity index (χ0v) is 11.1. The first kappa shape index (κ1) is 12.7. The molecule has 2 nitrogen and oxygen atoms in total. The van der Waals surface area contributed by atoms with E-state index in [0.717, 1.165) is 36.8 Å². The number of unbranched alkanes of at least 4 members (excludes halogenated alkanes) is 1. The number of benzene rings is 1. The molecule has 0 heterocycles. The average molecular weight is 254 g/mol. The van der Waals surface area contributed by atoms with Crippen molar-refractivity contribution < 1.29 is 4.74 Å². The van der Waals surface area contributed by atoms with Crippen LogP contribution in [0.2, 0.25) is 5.02 Å². The van der Waals surface area contributed by atoms with E-state index in [0.29, 0.717) is 6.04 Å². The molecule has 3 heteroatoms. The minimum atomic E-state index is 0.706. The van der Waals surface area contributed by atoms with Crippen LogP contribution in [-0.2, 0) is 6.54 Å². The fourth-order valence-electron chi connectivity index (χ4n) is 1.71. The van der Waals surface area contributed by atoms with Crippen molar-refractivity contribution >= 4 is 11.6 Å². The minimum absolute atomic E-state index is 0.706. The van der Waals surface area contributed by atoms with Crippen molar-refractivity contribution in [1.29, 1.82) is 0 Å². The highest BCUT2D eigenvalue weighted by Gasteiger charge is 2.20. The lowest BCUT2D eigenvalue weighted by molar-refractivity contribution is 0.305. The van der Waals surface area contributed by atoms with Gasteiger partial charge < -0.3 is 10.1 Å².